The molecule has 8 N–H and O–H groups in total. The van der Waals surface area contributed by atoms with Gasteiger partial charge in [-0.1, -0.05) is 6.07 Å². The van der Waals surface area contributed by atoms with Crippen LogP contribution >= 0.6 is 0 Å². The van der Waals surface area contributed by atoms with Crippen molar-refractivity contribution in [1.82, 2.24) is 11.5 Å². The molecule has 0 aliphatic carbocycles. The van der Waals surface area contributed by atoms with Crippen LogP contribution < -0.4 is 22.5 Å². The van der Waals surface area contributed by atoms with Crippen LogP contribution in [-0.2, 0) is 9.53 Å². The van der Waals surface area contributed by atoms with E-state index in [-0.39, 0.29) is 12.1 Å². The predicted molar refractivity (Wildman–Crippen MR) is 77.4 cm³/mol. The summed E-state index contributed by atoms with van der Waals surface area (Å²) in [7, 11) is 5.85. The molecule has 0 radical (unpaired) electrons. The lowest BCUT2D eigenvalue weighted by molar-refractivity contribution is -0.130. The van der Waals surface area contributed by atoms with Gasteiger partial charge in [0.05, 0.1) is 11.4 Å². The van der Waals surface area contributed by atoms with E-state index in [0.717, 1.165) is 18.4 Å². The van der Waals surface area contributed by atoms with Crippen LogP contribution in [0, 0.1) is 0 Å². The van der Waals surface area contributed by atoms with Crippen LogP contribution in [0.25, 0.3) is 0 Å². The molecular weight excluding hydrogens is 248 g/mol. The number of aliphatic hydroxyl groups is 1. The summed E-state index contributed by atoms with van der Waals surface area (Å²) in [6.45, 7) is 0. The Morgan fingerprint density at radius 2 is 1.95 bits per heavy atom. The van der Waals surface area contributed by atoms with Gasteiger partial charge in [0.15, 0.2) is 6.10 Å². The van der Waals surface area contributed by atoms with Gasteiger partial charge in [0.1, 0.15) is 0 Å². The number of carbonyl (C=O) groups excluding carboxylic acids is 1. The van der Waals surface area contributed by atoms with Crippen molar-refractivity contribution in [2.24, 2.45) is 0 Å². The highest BCUT2D eigenvalue weighted by atomic mass is 16.5. The summed E-state index contributed by atoms with van der Waals surface area (Å²) in [6.07, 6.45) is -0.627. The number of carbonyl (C=O) groups is 1. The summed E-state index contributed by atoms with van der Waals surface area (Å²) in [4.78, 5) is 11.5. The fraction of sp³-hybridized carbons (Fsp3) is 0.417. The first kappa shape index (κ1) is 19.5. The van der Waals surface area contributed by atoms with Gasteiger partial charge in [-0.05, 0) is 17.7 Å². The molecule has 7 nitrogen and oxygen atoms in total. The van der Waals surface area contributed by atoms with E-state index in [9.17, 15) is 4.79 Å². The maximum Gasteiger partial charge on any atom is 0.253 e. The van der Waals surface area contributed by atoms with Crippen molar-refractivity contribution in [1.29, 1.82) is 0 Å². The van der Waals surface area contributed by atoms with E-state index in [1.807, 2.05) is 12.1 Å². The average Bonchev–Trinajstić information content (AvgIpc) is 2.42. The second kappa shape index (κ2) is 10.1. The Morgan fingerprint density at radius 3 is 2.32 bits per heavy atom. The number of likely N-dealkylation sites (N-methyl/N-ethyl adjacent to an activating group) is 1. The first-order valence-corrected chi connectivity index (χ1v) is 5.40. The second-order valence-electron chi connectivity index (χ2n) is 3.33. The summed E-state index contributed by atoms with van der Waals surface area (Å²) in [6, 6.07) is 5.36. The zero-order chi connectivity index (χ0) is 14.1. The number of nitrogens with one attached hydrogen (secondary N) is 2. The van der Waals surface area contributed by atoms with Crippen LogP contribution in [0.4, 0.5) is 11.4 Å². The molecule has 0 spiro atoms. The molecule has 7 heteroatoms. The Kier molecular flexibility index (Phi) is 10.4. The van der Waals surface area contributed by atoms with E-state index in [0.29, 0.717) is 5.69 Å². The number of nitrogens with two attached hydrogens (primary N) is 1. The van der Waals surface area contributed by atoms with E-state index in [4.69, 9.17) is 15.6 Å². The molecule has 19 heavy (non-hydrogen) atoms. The van der Waals surface area contributed by atoms with E-state index in [2.05, 4.69) is 10.6 Å². The van der Waals surface area contributed by atoms with Crippen molar-refractivity contribution < 1.29 is 14.6 Å². The molecule has 0 bridgehead atoms. The quantitative estimate of drug-likeness (QED) is 0.507. The van der Waals surface area contributed by atoms with E-state index >= 15 is 0 Å². The molecule has 0 saturated carbocycles. The van der Waals surface area contributed by atoms with Crippen LogP contribution in [0.1, 0.15) is 11.7 Å². The van der Waals surface area contributed by atoms with Gasteiger partial charge in [-0.15, -0.1) is 0 Å². The fourth-order valence-electron chi connectivity index (χ4n) is 1.50. The van der Waals surface area contributed by atoms with Crippen molar-refractivity contribution in [3.8, 4) is 0 Å². The zero-order valence-corrected chi connectivity index (χ0v) is 11.9. The minimum Gasteiger partial charge on any atom is -0.400 e. The fourth-order valence-corrected chi connectivity index (χ4v) is 1.50. The SMILES string of the molecule is CNC(=O)C(OC)c1ccc(NC)c(N)c1.CO.N. The van der Waals surface area contributed by atoms with Gasteiger partial charge in [0.2, 0.25) is 0 Å². The number of benzene rings is 1. The number of ether oxygens (including phenoxy) is 1. The normalized spacial score (nSPS) is 10.4. The van der Waals surface area contributed by atoms with Gasteiger partial charge in [0.25, 0.3) is 5.91 Å². The number of amides is 1. The smallest absolute Gasteiger partial charge is 0.253 e. The number of methoxy groups -OCH3 is 1. The molecule has 0 aromatic heterocycles. The van der Waals surface area contributed by atoms with Crippen LogP contribution in [0.3, 0.4) is 0 Å². The maximum atomic E-state index is 11.5. The van der Waals surface area contributed by atoms with Gasteiger partial charge in [-0.25, -0.2) is 0 Å². The van der Waals surface area contributed by atoms with Gasteiger partial charge in [-0.3, -0.25) is 4.79 Å². The van der Waals surface area contributed by atoms with Crippen molar-refractivity contribution in [2.75, 3.05) is 39.4 Å². The van der Waals surface area contributed by atoms with E-state index in [1.54, 1.807) is 20.2 Å². The molecule has 1 atom stereocenters. The first-order valence-electron chi connectivity index (χ1n) is 5.40. The van der Waals surface area contributed by atoms with Gasteiger partial charge >= 0.3 is 0 Å². The highest BCUT2D eigenvalue weighted by molar-refractivity contribution is 5.83. The number of hydrogen-bond donors (Lipinski definition) is 5. The Hall–Kier alpha value is -1.83. The maximum absolute atomic E-state index is 11.5. The third-order valence-corrected chi connectivity index (χ3v) is 2.37. The lowest BCUT2D eigenvalue weighted by Crippen LogP contribution is -2.27. The molecular formula is C12H24N4O3. The van der Waals surface area contributed by atoms with Gasteiger partial charge in [0, 0.05) is 28.3 Å². The van der Waals surface area contributed by atoms with Gasteiger partial charge in [-0.2, -0.15) is 0 Å². The number of rotatable bonds is 4. The first-order chi connectivity index (χ1) is 8.63. The Morgan fingerprint density at radius 1 is 1.37 bits per heavy atom. The Bertz CT molecular complexity index is 385. The minimum atomic E-state index is -0.627. The number of nitrogen functional groups attached to an aromatic ring is 1. The van der Waals surface area contributed by atoms with Crippen LogP contribution in [-0.4, -0.2) is 39.3 Å². The van der Waals surface area contributed by atoms with Gasteiger partial charge < -0.3 is 32.4 Å². The third-order valence-electron chi connectivity index (χ3n) is 2.37. The molecule has 0 heterocycles. The number of aliphatic hydroxyl groups excluding tert-OH is 1. The Labute approximate surface area is 113 Å². The number of anilines is 2. The lowest BCUT2D eigenvalue weighted by atomic mass is 10.1. The summed E-state index contributed by atoms with van der Waals surface area (Å²) in [5, 5.41) is 12.5. The largest absolute Gasteiger partial charge is 0.400 e. The van der Waals surface area contributed by atoms with E-state index in [1.165, 1.54) is 7.11 Å². The highest BCUT2D eigenvalue weighted by Gasteiger charge is 2.19. The monoisotopic (exact) mass is 272 g/mol. The topological polar surface area (TPSA) is 132 Å². The lowest BCUT2D eigenvalue weighted by Gasteiger charge is -2.15. The molecule has 0 fully saturated rings. The summed E-state index contributed by atoms with van der Waals surface area (Å²) in [5.74, 6) is -0.195. The predicted octanol–water partition coefficient (Wildman–Crippen LogP) is 0.514. The van der Waals surface area contributed by atoms with Crippen LogP contribution in [0.15, 0.2) is 18.2 Å². The summed E-state index contributed by atoms with van der Waals surface area (Å²) >= 11 is 0. The number of hydrogen-bond acceptors (Lipinski definition) is 6. The van der Waals surface area contributed by atoms with Crippen molar-refractivity contribution in [3.63, 3.8) is 0 Å². The van der Waals surface area contributed by atoms with Crippen molar-refractivity contribution in [3.05, 3.63) is 23.8 Å². The molecule has 1 unspecified atom stereocenters. The standard InChI is InChI=1S/C11H17N3O2.CH4O.H3N/c1-13-9-5-4-7(6-8(9)12)10(16-3)11(15)14-2;1-2;/h4-6,10,13H,12H2,1-3H3,(H,14,15);2H,1H3;1H3. The summed E-state index contributed by atoms with van der Waals surface area (Å²) in [5.41, 5.74) is 7.97. The molecule has 0 aliphatic heterocycles. The van der Waals surface area contributed by atoms with Crippen molar-refractivity contribution in [2.45, 2.75) is 6.10 Å². The molecule has 110 valence electrons. The molecule has 1 aromatic rings. The Balaban J connectivity index is 0. The van der Waals surface area contributed by atoms with E-state index < -0.39 is 6.10 Å². The van der Waals surface area contributed by atoms with Crippen LogP contribution in [0.2, 0.25) is 0 Å². The average molecular weight is 272 g/mol. The molecule has 1 amide bonds. The van der Waals surface area contributed by atoms with Crippen molar-refractivity contribution >= 4 is 17.3 Å². The zero-order valence-electron chi connectivity index (χ0n) is 11.9. The van der Waals surface area contributed by atoms with Crippen LogP contribution in [0.5, 0.6) is 0 Å². The molecule has 1 aromatic carbocycles. The highest BCUT2D eigenvalue weighted by Crippen LogP contribution is 2.24. The summed E-state index contributed by atoms with van der Waals surface area (Å²) < 4.78 is 5.13. The molecule has 0 aliphatic rings. The third kappa shape index (κ3) is 5.12. The minimum absolute atomic E-state index is 0. The molecule has 1 rings (SSSR count). The molecule has 0 saturated heterocycles. The second-order valence-corrected chi connectivity index (χ2v) is 3.33.